The highest BCUT2D eigenvalue weighted by Gasteiger charge is 2.27. The van der Waals surface area contributed by atoms with E-state index in [2.05, 4.69) is 27.3 Å². The molecule has 0 bridgehead atoms. The van der Waals surface area contributed by atoms with E-state index in [0.717, 1.165) is 38.0 Å². The Labute approximate surface area is 122 Å². The first-order valence-electron chi connectivity index (χ1n) is 7.00. The van der Waals surface area contributed by atoms with Crippen molar-refractivity contribution in [2.45, 2.75) is 32.1 Å². The second-order valence-electron chi connectivity index (χ2n) is 5.09. The first-order valence-corrected chi connectivity index (χ1v) is 7.88. The molecule has 1 saturated heterocycles. The van der Waals surface area contributed by atoms with Crippen LogP contribution in [0.25, 0.3) is 0 Å². The van der Waals surface area contributed by atoms with E-state index in [0.29, 0.717) is 11.6 Å². The molecule has 5 nitrogen and oxygen atoms in total. The number of nitrogens with zero attached hydrogens (tertiary/aromatic N) is 3. The summed E-state index contributed by atoms with van der Waals surface area (Å²) < 4.78 is 0. The molecule has 0 saturated carbocycles. The van der Waals surface area contributed by atoms with Crippen molar-refractivity contribution in [3.05, 3.63) is 34.3 Å². The number of hydrogen-bond donors (Lipinski definition) is 1. The lowest BCUT2D eigenvalue weighted by molar-refractivity contribution is 0.0701. The summed E-state index contributed by atoms with van der Waals surface area (Å²) >= 11 is 1.72. The van der Waals surface area contributed by atoms with E-state index < -0.39 is 0 Å². The van der Waals surface area contributed by atoms with E-state index in [1.165, 1.54) is 5.01 Å². The average molecular weight is 290 g/mol. The molecule has 0 aliphatic carbocycles. The molecule has 1 amide bonds. The van der Waals surface area contributed by atoms with Crippen LogP contribution in [0.3, 0.4) is 0 Å². The van der Waals surface area contributed by atoms with Crippen molar-refractivity contribution in [3.8, 4) is 0 Å². The molecule has 1 atom stereocenters. The van der Waals surface area contributed by atoms with Gasteiger partial charge in [0, 0.05) is 24.4 Å². The minimum absolute atomic E-state index is 0.0412. The summed E-state index contributed by atoms with van der Waals surface area (Å²) in [4.78, 5) is 25.7. The quantitative estimate of drug-likeness (QED) is 0.944. The first kappa shape index (κ1) is 13.3. The van der Waals surface area contributed by atoms with Gasteiger partial charge in [-0.3, -0.25) is 4.79 Å². The van der Waals surface area contributed by atoms with Crippen molar-refractivity contribution in [3.63, 3.8) is 0 Å². The van der Waals surface area contributed by atoms with Crippen LogP contribution in [0.4, 0.5) is 0 Å². The second kappa shape index (κ2) is 5.75. The van der Waals surface area contributed by atoms with Crippen LogP contribution in [0.2, 0.25) is 0 Å². The van der Waals surface area contributed by atoms with Crippen molar-refractivity contribution >= 4 is 17.2 Å². The molecule has 1 aliphatic heterocycles. The summed E-state index contributed by atoms with van der Waals surface area (Å²) in [5.74, 6) is 0.417. The fourth-order valence-electron chi connectivity index (χ4n) is 2.58. The highest BCUT2D eigenvalue weighted by molar-refractivity contribution is 7.09. The lowest BCUT2D eigenvalue weighted by atomic mass is 9.98. The molecular weight excluding hydrogens is 272 g/mol. The van der Waals surface area contributed by atoms with Gasteiger partial charge in [-0.2, -0.15) is 0 Å². The predicted octanol–water partition coefficient (Wildman–Crippen LogP) is 2.45. The number of carbonyl (C=O) groups is 1. The number of H-pyrrole nitrogens is 1. The van der Waals surface area contributed by atoms with Gasteiger partial charge in [-0.15, -0.1) is 11.3 Å². The molecule has 1 aliphatic rings. The molecule has 1 fully saturated rings. The van der Waals surface area contributed by atoms with Gasteiger partial charge in [0.15, 0.2) is 0 Å². The normalized spacial score (nSPS) is 19.2. The Morgan fingerprint density at radius 1 is 1.60 bits per heavy atom. The number of carbonyl (C=O) groups excluding carboxylic acids is 1. The van der Waals surface area contributed by atoms with Crippen molar-refractivity contribution < 1.29 is 4.79 Å². The first-order chi connectivity index (χ1) is 9.78. The fraction of sp³-hybridized carbons (Fsp3) is 0.500. The number of nitrogens with one attached hydrogen (secondary N) is 1. The van der Waals surface area contributed by atoms with E-state index in [1.54, 1.807) is 23.9 Å². The number of rotatable bonds is 3. The lowest BCUT2D eigenvalue weighted by Gasteiger charge is -2.31. The predicted molar refractivity (Wildman–Crippen MR) is 78.0 cm³/mol. The number of aromatic nitrogens is 3. The molecule has 1 N–H and O–H groups in total. The van der Waals surface area contributed by atoms with E-state index >= 15 is 0 Å². The van der Waals surface area contributed by atoms with Crippen LogP contribution in [-0.4, -0.2) is 38.8 Å². The SMILES string of the molecule is CCc1csc(C2CCCN(C(=O)c3cnc[nH]3)C2)n1. The maximum absolute atomic E-state index is 12.3. The summed E-state index contributed by atoms with van der Waals surface area (Å²) in [5, 5.41) is 3.30. The number of aryl methyl sites for hydroxylation is 1. The third kappa shape index (κ3) is 2.60. The Hall–Kier alpha value is -1.69. The Kier molecular flexibility index (Phi) is 3.82. The van der Waals surface area contributed by atoms with Crippen molar-refractivity contribution in [1.82, 2.24) is 19.9 Å². The van der Waals surface area contributed by atoms with Gasteiger partial charge in [0.05, 0.1) is 23.2 Å². The monoisotopic (exact) mass is 290 g/mol. The Bertz CT molecular complexity index is 578. The van der Waals surface area contributed by atoms with Crippen LogP contribution in [0.1, 0.15) is 46.9 Å². The summed E-state index contributed by atoms with van der Waals surface area (Å²) in [7, 11) is 0. The molecular formula is C14H18N4OS. The molecule has 3 heterocycles. The van der Waals surface area contributed by atoms with Gasteiger partial charge in [0.1, 0.15) is 5.69 Å². The third-order valence-electron chi connectivity index (χ3n) is 3.72. The van der Waals surface area contributed by atoms with Gasteiger partial charge in [-0.25, -0.2) is 9.97 Å². The van der Waals surface area contributed by atoms with Gasteiger partial charge < -0.3 is 9.88 Å². The van der Waals surface area contributed by atoms with Crippen LogP contribution < -0.4 is 0 Å². The van der Waals surface area contributed by atoms with Crippen molar-refractivity contribution in [2.24, 2.45) is 0 Å². The molecule has 0 aromatic carbocycles. The largest absolute Gasteiger partial charge is 0.341 e. The molecule has 6 heteroatoms. The van der Waals surface area contributed by atoms with Crippen LogP contribution >= 0.6 is 11.3 Å². The van der Waals surface area contributed by atoms with Gasteiger partial charge in [-0.1, -0.05) is 6.92 Å². The highest BCUT2D eigenvalue weighted by atomic mass is 32.1. The standard InChI is InChI=1S/C14H18N4OS/c1-2-11-8-20-13(17-11)10-4-3-5-18(7-10)14(19)12-6-15-9-16-12/h6,8-10H,2-5,7H2,1H3,(H,15,16). The molecule has 0 spiro atoms. The summed E-state index contributed by atoms with van der Waals surface area (Å²) in [6.07, 6.45) is 6.25. The summed E-state index contributed by atoms with van der Waals surface area (Å²) in [5.41, 5.74) is 1.72. The molecule has 2 aromatic rings. The third-order valence-corrected chi connectivity index (χ3v) is 4.77. The van der Waals surface area contributed by atoms with E-state index in [9.17, 15) is 4.79 Å². The molecule has 2 aromatic heterocycles. The second-order valence-corrected chi connectivity index (χ2v) is 5.98. The number of aromatic amines is 1. The molecule has 0 radical (unpaired) electrons. The van der Waals surface area contributed by atoms with Crippen LogP contribution in [0, 0.1) is 0 Å². The zero-order valence-corrected chi connectivity index (χ0v) is 12.3. The molecule has 3 rings (SSSR count). The molecule has 1 unspecified atom stereocenters. The lowest BCUT2D eigenvalue weighted by Crippen LogP contribution is -2.39. The zero-order chi connectivity index (χ0) is 13.9. The van der Waals surface area contributed by atoms with E-state index in [-0.39, 0.29) is 5.91 Å². The number of hydrogen-bond acceptors (Lipinski definition) is 4. The number of amides is 1. The highest BCUT2D eigenvalue weighted by Crippen LogP contribution is 2.29. The Balaban J connectivity index is 1.71. The number of imidazole rings is 1. The van der Waals surface area contributed by atoms with Crippen LogP contribution in [0.5, 0.6) is 0 Å². The van der Waals surface area contributed by atoms with E-state index in [1.807, 2.05) is 4.90 Å². The average Bonchev–Trinajstić information content (AvgIpc) is 3.17. The number of piperidine rings is 1. The summed E-state index contributed by atoms with van der Waals surface area (Å²) in [6.45, 7) is 3.70. The van der Waals surface area contributed by atoms with Gasteiger partial charge in [0.2, 0.25) is 0 Å². The van der Waals surface area contributed by atoms with Gasteiger partial charge in [0.25, 0.3) is 5.91 Å². The van der Waals surface area contributed by atoms with Gasteiger partial charge >= 0.3 is 0 Å². The van der Waals surface area contributed by atoms with Crippen LogP contribution in [-0.2, 0) is 6.42 Å². The Morgan fingerprint density at radius 2 is 2.50 bits per heavy atom. The molecule has 20 heavy (non-hydrogen) atoms. The van der Waals surface area contributed by atoms with Crippen LogP contribution in [0.15, 0.2) is 17.9 Å². The number of thiazole rings is 1. The van der Waals surface area contributed by atoms with Crippen molar-refractivity contribution in [1.29, 1.82) is 0 Å². The van der Waals surface area contributed by atoms with Crippen molar-refractivity contribution in [2.75, 3.05) is 13.1 Å². The minimum Gasteiger partial charge on any atom is -0.341 e. The molecule has 106 valence electrons. The fourth-order valence-corrected chi connectivity index (χ4v) is 3.61. The van der Waals surface area contributed by atoms with E-state index in [4.69, 9.17) is 0 Å². The maximum atomic E-state index is 12.3. The maximum Gasteiger partial charge on any atom is 0.271 e. The number of likely N-dealkylation sites (tertiary alicyclic amines) is 1. The zero-order valence-electron chi connectivity index (χ0n) is 11.5. The van der Waals surface area contributed by atoms with Gasteiger partial charge in [-0.05, 0) is 19.3 Å². The smallest absolute Gasteiger partial charge is 0.271 e. The minimum atomic E-state index is 0.0412. The topological polar surface area (TPSA) is 61.9 Å². The summed E-state index contributed by atoms with van der Waals surface area (Å²) in [6, 6.07) is 0. The Morgan fingerprint density at radius 3 is 3.20 bits per heavy atom.